The second-order valence-corrected chi connectivity index (χ2v) is 4.41. The second kappa shape index (κ2) is 6.58. The fourth-order valence-corrected chi connectivity index (χ4v) is 2.08. The molecule has 0 fully saturated rings. The molecule has 0 aliphatic carbocycles. The van der Waals surface area contributed by atoms with E-state index in [1.165, 1.54) is 10.4 Å². The molecular weight excluding hydrogens is 208 g/mol. The van der Waals surface area contributed by atoms with Crippen molar-refractivity contribution in [2.45, 2.75) is 26.8 Å². The Morgan fingerprint density at radius 2 is 2.33 bits per heavy atom. The molecule has 0 atom stereocenters. The van der Waals surface area contributed by atoms with Crippen LogP contribution in [0.25, 0.3) is 0 Å². The summed E-state index contributed by atoms with van der Waals surface area (Å²) >= 11 is 1.69. The molecular formula is C11H18N2OS. The highest BCUT2D eigenvalue weighted by atomic mass is 32.1. The van der Waals surface area contributed by atoms with Gasteiger partial charge in [0.1, 0.15) is 0 Å². The molecule has 1 aromatic rings. The van der Waals surface area contributed by atoms with Crippen molar-refractivity contribution in [2.24, 2.45) is 0 Å². The van der Waals surface area contributed by atoms with Gasteiger partial charge in [0.05, 0.1) is 6.54 Å². The molecule has 0 radical (unpaired) electrons. The fourth-order valence-electron chi connectivity index (χ4n) is 1.23. The molecule has 4 heteroatoms. The van der Waals surface area contributed by atoms with Gasteiger partial charge in [0.2, 0.25) is 5.91 Å². The molecule has 15 heavy (non-hydrogen) atoms. The first-order valence-electron chi connectivity index (χ1n) is 5.24. The maximum atomic E-state index is 11.4. The van der Waals surface area contributed by atoms with Gasteiger partial charge in [-0.25, -0.2) is 0 Å². The van der Waals surface area contributed by atoms with E-state index in [0.29, 0.717) is 13.0 Å². The third kappa shape index (κ3) is 4.44. The summed E-state index contributed by atoms with van der Waals surface area (Å²) in [5.41, 5.74) is 1.26. The van der Waals surface area contributed by atoms with Gasteiger partial charge >= 0.3 is 0 Å². The van der Waals surface area contributed by atoms with E-state index in [1.54, 1.807) is 11.3 Å². The monoisotopic (exact) mass is 226 g/mol. The van der Waals surface area contributed by atoms with E-state index in [9.17, 15) is 4.79 Å². The number of hydrogen-bond donors (Lipinski definition) is 2. The van der Waals surface area contributed by atoms with Gasteiger partial charge in [0, 0.05) is 17.8 Å². The van der Waals surface area contributed by atoms with Crippen LogP contribution in [0.1, 0.15) is 23.8 Å². The topological polar surface area (TPSA) is 41.1 Å². The van der Waals surface area contributed by atoms with E-state index in [0.717, 1.165) is 13.1 Å². The minimum atomic E-state index is 0.115. The molecule has 0 bridgehead atoms. The first kappa shape index (κ1) is 12.2. The summed E-state index contributed by atoms with van der Waals surface area (Å²) in [6, 6.07) is 2.07. The van der Waals surface area contributed by atoms with Gasteiger partial charge in [0.25, 0.3) is 0 Å². The minimum Gasteiger partial charge on any atom is -0.351 e. The lowest BCUT2D eigenvalue weighted by molar-refractivity contribution is -0.121. The third-order valence-electron chi connectivity index (χ3n) is 2.19. The maximum Gasteiger partial charge on any atom is 0.221 e. The van der Waals surface area contributed by atoms with Crippen LogP contribution in [0, 0.1) is 6.92 Å². The molecule has 3 nitrogen and oxygen atoms in total. The van der Waals surface area contributed by atoms with Crippen LogP contribution in [-0.4, -0.2) is 19.0 Å². The average molecular weight is 226 g/mol. The van der Waals surface area contributed by atoms with Crippen LogP contribution in [0.5, 0.6) is 0 Å². The standard InChI is InChI=1S/C11H18N2OS/c1-3-12-6-4-11(14)13-8-10-9(2)5-7-15-10/h5,7,12H,3-4,6,8H2,1-2H3,(H,13,14). The summed E-state index contributed by atoms with van der Waals surface area (Å²) in [4.78, 5) is 12.6. The van der Waals surface area contributed by atoms with Crippen LogP contribution < -0.4 is 10.6 Å². The van der Waals surface area contributed by atoms with Crippen LogP contribution in [0.4, 0.5) is 0 Å². The van der Waals surface area contributed by atoms with Crippen molar-refractivity contribution in [1.29, 1.82) is 0 Å². The van der Waals surface area contributed by atoms with Crippen molar-refractivity contribution in [3.05, 3.63) is 21.9 Å². The lowest BCUT2D eigenvalue weighted by Gasteiger charge is -2.04. The van der Waals surface area contributed by atoms with E-state index < -0.39 is 0 Å². The van der Waals surface area contributed by atoms with Gasteiger partial charge in [-0.05, 0) is 30.5 Å². The Hall–Kier alpha value is -0.870. The number of rotatable bonds is 6. The van der Waals surface area contributed by atoms with Crippen LogP contribution in [0.2, 0.25) is 0 Å². The number of nitrogens with one attached hydrogen (secondary N) is 2. The summed E-state index contributed by atoms with van der Waals surface area (Å²) in [6.07, 6.45) is 0.554. The van der Waals surface area contributed by atoms with Crippen LogP contribution in [-0.2, 0) is 11.3 Å². The largest absolute Gasteiger partial charge is 0.351 e. The SMILES string of the molecule is CCNCCC(=O)NCc1sccc1C. The highest BCUT2D eigenvalue weighted by molar-refractivity contribution is 7.10. The third-order valence-corrected chi connectivity index (χ3v) is 3.22. The maximum absolute atomic E-state index is 11.4. The van der Waals surface area contributed by atoms with E-state index in [1.807, 2.05) is 6.92 Å². The van der Waals surface area contributed by atoms with Crippen molar-refractivity contribution in [3.63, 3.8) is 0 Å². The summed E-state index contributed by atoms with van der Waals surface area (Å²) in [5.74, 6) is 0.115. The zero-order valence-electron chi connectivity index (χ0n) is 9.30. The fraction of sp³-hybridized carbons (Fsp3) is 0.545. The molecule has 0 aliphatic heterocycles. The Bertz CT molecular complexity index is 309. The molecule has 2 N–H and O–H groups in total. The molecule has 0 spiro atoms. The summed E-state index contributed by atoms with van der Waals surface area (Å²) in [7, 11) is 0. The summed E-state index contributed by atoms with van der Waals surface area (Å²) in [5, 5.41) is 8.09. The molecule has 0 unspecified atom stereocenters. The minimum absolute atomic E-state index is 0.115. The second-order valence-electron chi connectivity index (χ2n) is 3.41. The number of aryl methyl sites for hydroxylation is 1. The van der Waals surface area contributed by atoms with Gasteiger partial charge in [-0.15, -0.1) is 11.3 Å². The molecule has 0 aliphatic rings. The van der Waals surface area contributed by atoms with E-state index in [-0.39, 0.29) is 5.91 Å². The Labute approximate surface area is 94.9 Å². The van der Waals surface area contributed by atoms with E-state index in [2.05, 4.69) is 29.0 Å². The van der Waals surface area contributed by atoms with Crippen molar-refractivity contribution in [2.75, 3.05) is 13.1 Å². The summed E-state index contributed by atoms with van der Waals surface area (Å²) < 4.78 is 0. The molecule has 0 saturated heterocycles. The Morgan fingerprint density at radius 3 is 2.93 bits per heavy atom. The zero-order valence-corrected chi connectivity index (χ0v) is 10.1. The van der Waals surface area contributed by atoms with Crippen molar-refractivity contribution < 1.29 is 4.79 Å². The first-order chi connectivity index (χ1) is 7.24. The van der Waals surface area contributed by atoms with E-state index in [4.69, 9.17) is 0 Å². The quantitative estimate of drug-likeness (QED) is 0.725. The number of amides is 1. The number of thiophene rings is 1. The predicted molar refractivity (Wildman–Crippen MR) is 64.1 cm³/mol. The molecule has 84 valence electrons. The number of hydrogen-bond acceptors (Lipinski definition) is 3. The van der Waals surface area contributed by atoms with Gasteiger partial charge in [-0.1, -0.05) is 6.92 Å². The first-order valence-corrected chi connectivity index (χ1v) is 6.12. The molecule has 1 rings (SSSR count). The van der Waals surface area contributed by atoms with Crippen LogP contribution in [0.3, 0.4) is 0 Å². The highest BCUT2D eigenvalue weighted by Crippen LogP contribution is 2.14. The Balaban J connectivity index is 2.20. The van der Waals surface area contributed by atoms with Gasteiger partial charge in [0.15, 0.2) is 0 Å². The zero-order chi connectivity index (χ0) is 11.1. The highest BCUT2D eigenvalue weighted by Gasteiger charge is 2.03. The van der Waals surface area contributed by atoms with Crippen LogP contribution >= 0.6 is 11.3 Å². The molecule has 1 amide bonds. The van der Waals surface area contributed by atoms with Crippen molar-refractivity contribution in [3.8, 4) is 0 Å². The van der Waals surface area contributed by atoms with Crippen LogP contribution in [0.15, 0.2) is 11.4 Å². The smallest absolute Gasteiger partial charge is 0.221 e. The molecule has 0 saturated carbocycles. The van der Waals surface area contributed by atoms with Gasteiger partial charge in [-0.2, -0.15) is 0 Å². The molecule has 1 heterocycles. The average Bonchev–Trinajstić information content (AvgIpc) is 2.61. The van der Waals surface area contributed by atoms with Gasteiger partial charge < -0.3 is 10.6 Å². The Kier molecular flexibility index (Phi) is 5.36. The molecule has 1 aromatic heterocycles. The normalized spacial score (nSPS) is 10.3. The summed E-state index contributed by atoms with van der Waals surface area (Å²) in [6.45, 7) is 6.43. The van der Waals surface area contributed by atoms with Crippen molar-refractivity contribution in [1.82, 2.24) is 10.6 Å². The predicted octanol–water partition coefficient (Wildman–Crippen LogP) is 1.67. The molecule has 0 aromatic carbocycles. The van der Waals surface area contributed by atoms with E-state index >= 15 is 0 Å². The lowest BCUT2D eigenvalue weighted by atomic mass is 10.3. The van der Waals surface area contributed by atoms with Gasteiger partial charge in [-0.3, -0.25) is 4.79 Å². The Morgan fingerprint density at radius 1 is 1.53 bits per heavy atom. The number of carbonyl (C=O) groups excluding carboxylic acids is 1. The lowest BCUT2D eigenvalue weighted by Crippen LogP contribution is -2.27. The van der Waals surface area contributed by atoms with Crippen molar-refractivity contribution >= 4 is 17.2 Å². The number of carbonyl (C=O) groups is 1.